The van der Waals surface area contributed by atoms with Crippen LogP contribution in [0.2, 0.25) is 0 Å². The Morgan fingerprint density at radius 1 is 1.30 bits per heavy atom. The van der Waals surface area contributed by atoms with E-state index in [0.717, 1.165) is 0 Å². The summed E-state index contributed by atoms with van der Waals surface area (Å²) in [6, 6.07) is 7.03. The van der Waals surface area contributed by atoms with Gasteiger partial charge < -0.3 is 15.1 Å². The van der Waals surface area contributed by atoms with Gasteiger partial charge in [0.25, 0.3) is 5.91 Å². The van der Waals surface area contributed by atoms with Gasteiger partial charge in [0.2, 0.25) is 5.91 Å². The highest BCUT2D eigenvalue weighted by Crippen LogP contribution is 2.19. The molecular formula is C16H15N3O3S. The number of anilines is 1. The normalized spacial score (nSPS) is 10.7. The van der Waals surface area contributed by atoms with Crippen LogP contribution in [0.15, 0.2) is 39.4 Å². The first-order valence-electron chi connectivity index (χ1n) is 7.09. The molecule has 0 aliphatic heterocycles. The van der Waals surface area contributed by atoms with E-state index in [1.807, 2.05) is 5.38 Å². The lowest BCUT2D eigenvalue weighted by Crippen LogP contribution is -2.27. The third-order valence-corrected chi connectivity index (χ3v) is 3.88. The second kappa shape index (κ2) is 6.62. The Morgan fingerprint density at radius 3 is 2.96 bits per heavy atom. The lowest BCUT2D eigenvalue weighted by atomic mass is 10.2. The zero-order valence-corrected chi connectivity index (χ0v) is 13.3. The van der Waals surface area contributed by atoms with Crippen molar-refractivity contribution in [2.45, 2.75) is 13.3 Å². The van der Waals surface area contributed by atoms with E-state index in [2.05, 4.69) is 15.6 Å². The SMILES string of the molecule is Cc1nc2cc(NC(=O)CCNC(=O)c3ccsc3)ccc2o1. The number of carbonyl (C=O) groups is 2. The van der Waals surface area contributed by atoms with Gasteiger partial charge >= 0.3 is 0 Å². The molecule has 6 nitrogen and oxygen atoms in total. The molecule has 0 spiro atoms. The molecule has 0 bridgehead atoms. The summed E-state index contributed by atoms with van der Waals surface area (Å²) in [5.74, 6) is 0.244. The quantitative estimate of drug-likeness (QED) is 0.754. The summed E-state index contributed by atoms with van der Waals surface area (Å²) in [6.45, 7) is 2.06. The van der Waals surface area contributed by atoms with Gasteiger partial charge in [-0.2, -0.15) is 11.3 Å². The van der Waals surface area contributed by atoms with E-state index >= 15 is 0 Å². The Hall–Kier alpha value is -2.67. The number of amides is 2. The average molecular weight is 329 g/mol. The zero-order valence-electron chi connectivity index (χ0n) is 12.5. The van der Waals surface area contributed by atoms with Crippen LogP contribution in [0.4, 0.5) is 5.69 Å². The number of nitrogens with one attached hydrogen (secondary N) is 2. The molecule has 2 aromatic heterocycles. The van der Waals surface area contributed by atoms with E-state index in [1.165, 1.54) is 11.3 Å². The summed E-state index contributed by atoms with van der Waals surface area (Å²) in [7, 11) is 0. The number of aryl methyl sites for hydroxylation is 1. The molecule has 0 unspecified atom stereocenters. The molecular weight excluding hydrogens is 314 g/mol. The lowest BCUT2D eigenvalue weighted by molar-refractivity contribution is -0.116. The molecule has 0 fully saturated rings. The maximum atomic E-state index is 11.9. The second-order valence-corrected chi connectivity index (χ2v) is 5.76. The van der Waals surface area contributed by atoms with Gasteiger partial charge in [-0.1, -0.05) is 0 Å². The van der Waals surface area contributed by atoms with E-state index in [1.54, 1.807) is 36.6 Å². The van der Waals surface area contributed by atoms with Crippen molar-refractivity contribution in [3.63, 3.8) is 0 Å². The number of carbonyl (C=O) groups excluding carboxylic acids is 2. The maximum absolute atomic E-state index is 11.9. The average Bonchev–Trinajstić information content (AvgIpc) is 3.15. The number of rotatable bonds is 5. The number of nitrogens with zero attached hydrogens (tertiary/aromatic N) is 1. The summed E-state index contributed by atoms with van der Waals surface area (Å²) in [4.78, 5) is 27.9. The number of hydrogen-bond acceptors (Lipinski definition) is 5. The number of benzene rings is 1. The molecule has 0 saturated carbocycles. The number of hydrogen-bond donors (Lipinski definition) is 2. The van der Waals surface area contributed by atoms with Crippen molar-refractivity contribution in [3.8, 4) is 0 Å². The Labute approximate surface area is 136 Å². The highest BCUT2D eigenvalue weighted by atomic mass is 32.1. The Balaban J connectivity index is 1.51. The van der Waals surface area contributed by atoms with Crippen molar-refractivity contribution in [2.75, 3.05) is 11.9 Å². The topological polar surface area (TPSA) is 84.2 Å². The van der Waals surface area contributed by atoms with E-state index in [0.29, 0.717) is 28.2 Å². The van der Waals surface area contributed by atoms with Crippen LogP contribution in [0, 0.1) is 6.92 Å². The molecule has 23 heavy (non-hydrogen) atoms. The molecule has 2 N–H and O–H groups in total. The Bertz CT molecular complexity index is 840. The molecule has 0 aliphatic carbocycles. The van der Waals surface area contributed by atoms with Crippen molar-refractivity contribution >= 4 is 39.9 Å². The van der Waals surface area contributed by atoms with Gasteiger partial charge in [0.15, 0.2) is 11.5 Å². The van der Waals surface area contributed by atoms with Gasteiger partial charge in [0.1, 0.15) is 5.52 Å². The van der Waals surface area contributed by atoms with Crippen molar-refractivity contribution in [1.29, 1.82) is 0 Å². The van der Waals surface area contributed by atoms with Crippen molar-refractivity contribution in [1.82, 2.24) is 10.3 Å². The molecule has 2 amide bonds. The van der Waals surface area contributed by atoms with Crippen LogP contribution in [0.5, 0.6) is 0 Å². The molecule has 2 heterocycles. The van der Waals surface area contributed by atoms with Gasteiger partial charge in [-0.3, -0.25) is 9.59 Å². The minimum absolute atomic E-state index is 0.168. The molecule has 3 rings (SSSR count). The fourth-order valence-corrected chi connectivity index (χ4v) is 2.77. The van der Waals surface area contributed by atoms with E-state index in [-0.39, 0.29) is 24.8 Å². The maximum Gasteiger partial charge on any atom is 0.252 e. The summed E-state index contributed by atoms with van der Waals surface area (Å²) in [5, 5.41) is 9.10. The molecule has 7 heteroatoms. The van der Waals surface area contributed by atoms with Crippen molar-refractivity contribution < 1.29 is 14.0 Å². The molecule has 3 aromatic rings. The predicted octanol–water partition coefficient (Wildman–Crippen LogP) is 2.96. The second-order valence-electron chi connectivity index (χ2n) is 4.98. The minimum atomic E-state index is -0.171. The third kappa shape index (κ3) is 3.75. The first-order chi connectivity index (χ1) is 11.1. The lowest BCUT2D eigenvalue weighted by Gasteiger charge is -2.06. The summed E-state index contributed by atoms with van der Waals surface area (Å²) in [5.41, 5.74) is 2.65. The predicted molar refractivity (Wildman–Crippen MR) is 88.6 cm³/mol. The summed E-state index contributed by atoms with van der Waals surface area (Å²) >= 11 is 1.46. The van der Waals surface area contributed by atoms with Crippen LogP contribution in [-0.4, -0.2) is 23.3 Å². The molecule has 118 valence electrons. The van der Waals surface area contributed by atoms with Crippen LogP contribution in [-0.2, 0) is 4.79 Å². The number of fused-ring (bicyclic) bond motifs is 1. The highest BCUT2D eigenvalue weighted by molar-refractivity contribution is 7.08. The van der Waals surface area contributed by atoms with Crippen LogP contribution in [0.1, 0.15) is 22.7 Å². The smallest absolute Gasteiger partial charge is 0.252 e. The summed E-state index contributed by atoms with van der Waals surface area (Å²) < 4.78 is 5.38. The van der Waals surface area contributed by atoms with Crippen molar-refractivity contribution in [2.24, 2.45) is 0 Å². The monoisotopic (exact) mass is 329 g/mol. The Morgan fingerprint density at radius 2 is 2.17 bits per heavy atom. The van der Waals surface area contributed by atoms with E-state index in [4.69, 9.17) is 4.42 Å². The molecule has 0 aliphatic rings. The molecule has 1 aromatic carbocycles. The first kappa shape index (κ1) is 15.2. The van der Waals surface area contributed by atoms with Gasteiger partial charge in [-0.15, -0.1) is 0 Å². The van der Waals surface area contributed by atoms with Gasteiger partial charge in [-0.05, 0) is 29.6 Å². The Kier molecular flexibility index (Phi) is 4.38. The van der Waals surface area contributed by atoms with E-state index < -0.39 is 0 Å². The molecule has 0 saturated heterocycles. The minimum Gasteiger partial charge on any atom is -0.441 e. The van der Waals surface area contributed by atoms with Crippen molar-refractivity contribution in [3.05, 3.63) is 46.5 Å². The van der Waals surface area contributed by atoms with Crippen LogP contribution >= 0.6 is 11.3 Å². The zero-order chi connectivity index (χ0) is 16.2. The van der Waals surface area contributed by atoms with Gasteiger partial charge in [0.05, 0.1) is 0 Å². The number of aromatic nitrogens is 1. The first-order valence-corrected chi connectivity index (χ1v) is 8.03. The molecule has 0 atom stereocenters. The third-order valence-electron chi connectivity index (χ3n) is 3.20. The van der Waals surface area contributed by atoms with Crippen LogP contribution in [0.25, 0.3) is 11.1 Å². The fourth-order valence-electron chi connectivity index (χ4n) is 2.13. The van der Waals surface area contributed by atoms with Crippen LogP contribution in [0.3, 0.4) is 0 Å². The van der Waals surface area contributed by atoms with Crippen LogP contribution < -0.4 is 10.6 Å². The largest absolute Gasteiger partial charge is 0.441 e. The number of thiophene rings is 1. The highest BCUT2D eigenvalue weighted by Gasteiger charge is 2.08. The van der Waals surface area contributed by atoms with Gasteiger partial charge in [0, 0.05) is 36.5 Å². The number of oxazole rings is 1. The van der Waals surface area contributed by atoms with Gasteiger partial charge in [-0.25, -0.2) is 4.98 Å². The fraction of sp³-hybridized carbons (Fsp3) is 0.188. The standard InChI is InChI=1S/C16H15N3O3S/c1-10-18-13-8-12(2-3-14(13)22-10)19-15(20)4-6-17-16(21)11-5-7-23-9-11/h2-3,5,7-9H,4,6H2,1H3,(H,17,21)(H,19,20). The molecule has 0 radical (unpaired) electrons. The summed E-state index contributed by atoms with van der Waals surface area (Å²) in [6.07, 6.45) is 0.200. The van der Waals surface area contributed by atoms with E-state index in [9.17, 15) is 9.59 Å².